The van der Waals surface area contributed by atoms with Crippen molar-refractivity contribution in [2.24, 2.45) is 7.05 Å². The van der Waals surface area contributed by atoms with E-state index in [0.717, 1.165) is 28.9 Å². The Hall–Kier alpha value is -1.91. The van der Waals surface area contributed by atoms with E-state index in [2.05, 4.69) is 36.1 Å². The Morgan fingerprint density at radius 3 is 2.52 bits per heavy atom. The van der Waals surface area contributed by atoms with Gasteiger partial charge in [-0.25, -0.2) is 0 Å². The summed E-state index contributed by atoms with van der Waals surface area (Å²) >= 11 is 0. The van der Waals surface area contributed by atoms with Gasteiger partial charge >= 0.3 is 0 Å². The van der Waals surface area contributed by atoms with Gasteiger partial charge in [0.15, 0.2) is 0 Å². The van der Waals surface area contributed by atoms with Gasteiger partial charge < -0.3 is 5.73 Å². The van der Waals surface area contributed by atoms with Crippen LogP contribution in [-0.2, 0) is 7.05 Å². The fourth-order valence-corrected chi connectivity index (χ4v) is 3.20. The fraction of sp³-hybridized carbons (Fsp3) is 0.611. The van der Waals surface area contributed by atoms with Gasteiger partial charge in [-0.05, 0) is 37.3 Å². The molecule has 2 rings (SSSR count). The minimum absolute atomic E-state index is 0.416. The standard InChI is InChI=1S/C18H29N5/c1-6-7-8-9-10-12(2)16-13(3)18(19)21-20-17(16)15-11-23(5)22-14(15)4/h11-12H,6-10H2,1-5H3,(H2,19,21). The van der Waals surface area contributed by atoms with E-state index in [1.165, 1.54) is 31.2 Å². The lowest BCUT2D eigenvalue weighted by Crippen LogP contribution is -2.08. The molecule has 2 aromatic heterocycles. The number of hydrogen-bond donors (Lipinski definition) is 1. The zero-order valence-electron chi connectivity index (χ0n) is 15.1. The summed E-state index contributed by atoms with van der Waals surface area (Å²) in [4.78, 5) is 0. The molecule has 2 N–H and O–H groups in total. The van der Waals surface area contributed by atoms with E-state index >= 15 is 0 Å². The van der Waals surface area contributed by atoms with Crippen molar-refractivity contribution in [2.45, 2.75) is 65.7 Å². The Labute approximate surface area is 139 Å². The van der Waals surface area contributed by atoms with E-state index in [1.807, 2.05) is 24.9 Å². The maximum absolute atomic E-state index is 6.03. The van der Waals surface area contributed by atoms with Crippen LogP contribution in [0.3, 0.4) is 0 Å². The van der Waals surface area contributed by atoms with Gasteiger partial charge in [0, 0.05) is 18.8 Å². The first-order chi connectivity index (χ1) is 11.0. The van der Waals surface area contributed by atoms with Crippen LogP contribution in [0.4, 0.5) is 5.82 Å². The number of nitrogen functional groups attached to an aromatic ring is 1. The third kappa shape index (κ3) is 3.89. The number of unbranched alkanes of at least 4 members (excludes halogenated alkanes) is 3. The first-order valence-electron chi connectivity index (χ1n) is 8.58. The molecular weight excluding hydrogens is 286 g/mol. The quantitative estimate of drug-likeness (QED) is 0.779. The largest absolute Gasteiger partial charge is 0.382 e. The molecule has 5 nitrogen and oxygen atoms in total. The van der Waals surface area contributed by atoms with Gasteiger partial charge in [0.05, 0.1) is 5.69 Å². The molecule has 5 heteroatoms. The van der Waals surface area contributed by atoms with Gasteiger partial charge in [-0.2, -0.15) is 5.10 Å². The van der Waals surface area contributed by atoms with Crippen LogP contribution in [0.2, 0.25) is 0 Å². The first-order valence-corrected chi connectivity index (χ1v) is 8.58. The number of hydrogen-bond acceptors (Lipinski definition) is 4. The highest BCUT2D eigenvalue weighted by Gasteiger charge is 2.21. The lowest BCUT2D eigenvalue weighted by molar-refractivity contribution is 0.577. The summed E-state index contributed by atoms with van der Waals surface area (Å²) < 4.78 is 1.83. The highest BCUT2D eigenvalue weighted by molar-refractivity contribution is 5.68. The molecule has 0 saturated heterocycles. The van der Waals surface area contributed by atoms with Crippen molar-refractivity contribution in [1.29, 1.82) is 0 Å². The normalized spacial score (nSPS) is 12.6. The molecule has 1 atom stereocenters. The number of rotatable bonds is 7. The average molecular weight is 315 g/mol. The average Bonchev–Trinajstić information content (AvgIpc) is 2.84. The molecule has 0 aliphatic carbocycles. The van der Waals surface area contributed by atoms with Gasteiger partial charge in [0.25, 0.3) is 0 Å². The third-order valence-corrected chi connectivity index (χ3v) is 4.55. The lowest BCUT2D eigenvalue weighted by Gasteiger charge is -2.18. The topological polar surface area (TPSA) is 69.6 Å². The summed E-state index contributed by atoms with van der Waals surface area (Å²) in [6.07, 6.45) is 8.26. The van der Waals surface area contributed by atoms with Crippen molar-refractivity contribution in [3.8, 4) is 11.3 Å². The van der Waals surface area contributed by atoms with Gasteiger partial charge in [-0.15, -0.1) is 10.2 Å². The van der Waals surface area contributed by atoms with Crippen molar-refractivity contribution in [1.82, 2.24) is 20.0 Å². The molecule has 126 valence electrons. The number of nitrogens with two attached hydrogens (primary N) is 1. The molecule has 0 aliphatic rings. The SMILES string of the molecule is CCCCCCC(C)c1c(-c2cn(C)nc2C)nnc(N)c1C. The maximum Gasteiger partial charge on any atom is 0.149 e. The number of anilines is 1. The second-order valence-corrected chi connectivity index (χ2v) is 6.52. The van der Waals surface area contributed by atoms with E-state index < -0.39 is 0 Å². The zero-order chi connectivity index (χ0) is 17.0. The predicted octanol–water partition coefficient (Wildman–Crippen LogP) is 4.15. The number of nitrogens with zero attached hydrogens (tertiary/aromatic N) is 4. The van der Waals surface area contributed by atoms with Crippen LogP contribution in [0.15, 0.2) is 6.20 Å². The highest BCUT2D eigenvalue weighted by atomic mass is 15.3. The Balaban J connectivity index is 2.36. The van der Waals surface area contributed by atoms with Gasteiger partial charge in [-0.3, -0.25) is 4.68 Å². The molecule has 2 aromatic rings. The van der Waals surface area contributed by atoms with Crippen LogP contribution in [0, 0.1) is 13.8 Å². The van der Waals surface area contributed by atoms with Crippen LogP contribution in [-0.4, -0.2) is 20.0 Å². The Kier molecular flexibility index (Phi) is 5.74. The van der Waals surface area contributed by atoms with Crippen LogP contribution >= 0.6 is 0 Å². The van der Waals surface area contributed by atoms with E-state index in [-0.39, 0.29) is 0 Å². The third-order valence-electron chi connectivity index (χ3n) is 4.55. The predicted molar refractivity (Wildman–Crippen MR) is 95.3 cm³/mol. The van der Waals surface area contributed by atoms with Gasteiger partial charge in [0.2, 0.25) is 0 Å². The highest BCUT2D eigenvalue weighted by Crippen LogP contribution is 2.35. The lowest BCUT2D eigenvalue weighted by atomic mass is 9.89. The molecule has 0 radical (unpaired) electrons. The Morgan fingerprint density at radius 1 is 1.17 bits per heavy atom. The molecule has 0 aromatic carbocycles. The summed E-state index contributed by atoms with van der Waals surface area (Å²) in [5.41, 5.74) is 11.3. The Morgan fingerprint density at radius 2 is 1.91 bits per heavy atom. The molecule has 1 unspecified atom stereocenters. The van der Waals surface area contributed by atoms with Crippen LogP contribution < -0.4 is 5.73 Å². The molecule has 0 fully saturated rings. The van der Waals surface area contributed by atoms with Gasteiger partial charge in [0.1, 0.15) is 11.5 Å². The van der Waals surface area contributed by atoms with E-state index in [1.54, 1.807) is 0 Å². The van der Waals surface area contributed by atoms with E-state index in [0.29, 0.717) is 11.7 Å². The molecule has 0 spiro atoms. The molecule has 0 saturated carbocycles. The second kappa shape index (κ2) is 7.57. The summed E-state index contributed by atoms with van der Waals surface area (Å²) in [5, 5.41) is 13.0. The minimum Gasteiger partial charge on any atom is -0.382 e. The number of aromatic nitrogens is 4. The monoisotopic (exact) mass is 315 g/mol. The molecule has 2 heterocycles. The summed E-state index contributed by atoms with van der Waals surface area (Å²) in [6.45, 7) is 8.57. The minimum atomic E-state index is 0.416. The van der Waals surface area contributed by atoms with Crippen molar-refractivity contribution in [3.05, 3.63) is 23.0 Å². The summed E-state index contributed by atoms with van der Waals surface area (Å²) in [7, 11) is 1.93. The molecule has 0 bridgehead atoms. The zero-order valence-corrected chi connectivity index (χ0v) is 15.1. The van der Waals surface area contributed by atoms with Crippen molar-refractivity contribution in [3.63, 3.8) is 0 Å². The second-order valence-electron chi connectivity index (χ2n) is 6.52. The smallest absolute Gasteiger partial charge is 0.149 e. The van der Waals surface area contributed by atoms with E-state index in [9.17, 15) is 0 Å². The molecule has 0 amide bonds. The first kappa shape index (κ1) is 17.4. The fourth-order valence-electron chi connectivity index (χ4n) is 3.20. The van der Waals surface area contributed by atoms with Crippen LogP contribution in [0.25, 0.3) is 11.3 Å². The van der Waals surface area contributed by atoms with Gasteiger partial charge in [-0.1, -0.05) is 39.5 Å². The Bertz CT molecular complexity index is 660. The van der Waals surface area contributed by atoms with Crippen molar-refractivity contribution in [2.75, 3.05) is 5.73 Å². The summed E-state index contributed by atoms with van der Waals surface area (Å²) in [6, 6.07) is 0. The summed E-state index contributed by atoms with van der Waals surface area (Å²) in [5.74, 6) is 0.949. The van der Waals surface area contributed by atoms with Crippen LogP contribution in [0.5, 0.6) is 0 Å². The van der Waals surface area contributed by atoms with E-state index in [4.69, 9.17) is 5.73 Å². The maximum atomic E-state index is 6.03. The van der Waals surface area contributed by atoms with Crippen molar-refractivity contribution < 1.29 is 0 Å². The van der Waals surface area contributed by atoms with Crippen LogP contribution in [0.1, 0.15) is 68.7 Å². The number of aryl methyl sites for hydroxylation is 2. The molecule has 23 heavy (non-hydrogen) atoms. The molecular formula is C18H29N5. The molecule has 0 aliphatic heterocycles. The van der Waals surface area contributed by atoms with Crippen molar-refractivity contribution >= 4 is 5.82 Å².